The fourth-order valence-electron chi connectivity index (χ4n) is 4.81. The number of hydrazine groups is 1. The largest absolute Gasteiger partial charge is 0.350 e. The van der Waals surface area contributed by atoms with Gasteiger partial charge >= 0.3 is 6.03 Å². The number of urea groups is 1. The zero-order valence-corrected chi connectivity index (χ0v) is 19.7. The molecular weight excluding hydrogens is 394 g/mol. The quantitative estimate of drug-likeness (QED) is 0.341. The van der Waals surface area contributed by atoms with Crippen LogP contribution in [0.25, 0.3) is 0 Å². The van der Waals surface area contributed by atoms with Gasteiger partial charge in [0.15, 0.2) is 0 Å². The Balaban J connectivity index is 1.85. The van der Waals surface area contributed by atoms with Crippen LogP contribution in [0, 0.1) is 11.8 Å². The zero-order valence-electron chi connectivity index (χ0n) is 19.7. The highest BCUT2D eigenvalue weighted by Crippen LogP contribution is 2.27. The minimum Gasteiger partial charge on any atom is -0.350 e. The van der Waals surface area contributed by atoms with E-state index in [4.69, 9.17) is 5.73 Å². The van der Waals surface area contributed by atoms with Crippen LogP contribution in [0.2, 0.25) is 0 Å². The molecule has 178 valence electrons. The van der Waals surface area contributed by atoms with Gasteiger partial charge in [-0.1, -0.05) is 59.3 Å². The summed E-state index contributed by atoms with van der Waals surface area (Å²) in [6, 6.07) is -1.50. The monoisotopic (exact) mass is 437 g/mol. The van der Waals surface area contributed by atoms with Crippen LogP contribution < -0.4 is 16.5 Å². The van der Waals surface area contributed by atoms with Crippen LogP contribution in [0.3, 0.4) is 0 Å². The van der Waals surface area contributed by atoms with Gasteiger partial charge in [0, 0.05) is 13.1 Å². The lowest BCUT2D eigenvalue weighted by atomic mass is 9.86. The average Bonchev–Trinajstić information content (AvgIpc) is 3.09. The second-order valence-corrected chi connectivity index (χ2v) is 9.60. The van der Waals surface area contributed by atoms with E-state index in [1.807, 2.05) is 20.8 Å². The second-order valence-electron chi connectivity index (χ2n) is 9.60. The van der Waals surface area contributed by atoms with Crippen molar-refractivity contribution in [2.45, 2.75) is 97.1 Å². The molecule has 1 saturated carbocycles. The van der Waals surface area contributed by atoms with Gasteiger partial charge in [0.05, 0.1) is 6.04 Å². The molecule has 4 amide bonds. The van der Waals surface area contributed by atoms with Crippen molar-refractivity contribution in [3.05, 3.63) is 0 Å². The van der Waals surface area contributed by atoms with Gasteiger partial charge in [-0.15, -0.1) is 0 Å². The molecule has 0 bridgehead atoms. The van der Waals surface area contributed by atoms with Crippen LogP contribution in [0.4, 0.5) is 4.79 Å². The maximum Gasteiger partial charge on any atom is 0.333 e. The van der Waals surface area contributed by atoms with E-state index in [9.17, 15) is 14.4 Å². The molecule has 1 saturated heterocycles. The van der Waals surface area contributed by atoms with Crippen LogP contribution in [-0.2, 0) is 9.59 Å². The Bertz CT molecular complexity index is 592. The van der Waals surface area contributed by atoms with Crippen LogP contribution in [0.5, 0.6) is 0 Å². The zero-order chi connectivity index (χ0) is 22.8. The summed E-state index contributed by atoms with van der Waals surface area (Å²) in [5.41, 5.74) is 8.05. The van der Waals surface area contributed by atoms with Crippen molar-refractivity contribution in [1.29, 1.82) is 0 Å². The third kappa shape index (κ3) is 7.98. The van der Waals surface area contributed by atoms with E-state index in [1.54, 1.807) is 4.90 Å². The topological polar surface area (TPSA) is 108 Å². The van der Waals surface area contributed by atoms with Crippen molar-refractivity contribution in [3.8, 4) is 0 Å². The maximum absolute atomic E-state index is 13.0. The minimum absolute atomic E-state index is 0.0132. The highest BCUT2D eigenvalue weighted by molar-refractivity contribution is 5.91. The molecule has 0 spiro atoms. The summed E-state index contributed by atoms with van der Waals surface area (Å²) in [7, 11) is 0. The van der Waals surface area contributed by atoms with E-state index < -0.39 is 12.1 Å². The van der Waals surface area contributed by atoms with E-state index in [2.05, 4.69) is 10.7 Å². The number of nitrogens with zero attached hydrogens (tertiary/aromatic N) is 2. The van der Waals surface area contributed by atoms with Gasteiger partial charge in [-0.2, -0.15) is 0 Å². The van der Waals surface area contributed by atoms with Gasteiger partial charge in [-0.05, 0) is 44.1 Å². The van der Waals surface area contributed by atoms with E-state index in [0.29, 0.717) is 25.9 Å². The first-order valence-electron chi connectivity index (χ1n) is 12.2. The molecule has 4 N–H and O–H groups in total. The number of carbonyl (C=O) groups excluding carboxylic acids is 3. The lowest BCUT2D eigenvalue weighted by Crippen LogP contribution is -2.57. The molecule has 0 radical (unpaired) electrons. The molecule has 0 aromatic heterocycles. The fraction of sp³-hybridized carbons (Fsp3) is 0.870. The van der Waals surface area contributed by atoms with Crippen LogP contribution >= 0.6 is 0 Å². The molecule has 0 aromatic rings. The van der Waals surface area contributed by atoms with E-state index in [1.165, 1.54) is 38.5 Å². The van der Waals surface area contributed by atoms with E-state index in [-0.39, 0.29) is 23.8 Å². The Kier molecular flexibility index (Phi) is 10.6. The Morgan fingerprint density at radius 2 is 1.90 bits per heavy atom. The predicted molar refractivity (Wildman–Crippen MR) is 122 cm³/mol. The Labute approximate surface area is 187 Å². The van der Waals surface area contributed by atoms with E-state index >= 15 is 0 Å². The molecule has 1 aliphatic heterocycles. The number of hydrogen-bond acceptors (Lipinski definition) is 4. The smallest absolute Gasteiger partial charge is 0.333 e. The Morgan fingerprint density at radius 3 is 2.52 bits per heavy atom. The summed E-state index contributed by atoms with van der Waals surface area (Å²) in [4.78, 5) is 39.3. The van der Waals surface area contributed by atoms with Crippen molar-refractivity contribution >= 4 is 17.8 Å². The third-order valence-corrected chi connectivity index (χ3v) is 6.44. The second kappa shape index (κ2) is 12.9. The number of carbonyl (C=O) groups is 3. The molecule has 31 heavy (non-hydrogen) atoms. The van der Waals surface area contributed by atoms with Gasteiger partial charge in [-0.3, -0.25) is 15.0 Å². The van der Waals surface area contributed by atoms with Crippen LogP contribution in [0.15, 0.2) is 0 Å². The van der Waals surface area contributed by atoms with Crippen molar-refractivity contribution in [3.63, 3.8) is 0 Å². The number of hydrogen-bond donors (Lipinski definition) is 3. The molecule has 2 atom stereocenters. The summed E-state index contributed by atoms with van der Waals surface area (Å²) < 4.78 is 0. The number of primary amides is 1. The summed E-state index contributed by atoms with van der Waals surface area (Å²) in [6.07, 6.45) is 11.2. The first-order valence-corrected chi connectivity index (χ1v) is 12.2. The number of amides is 4. The lowest BCUT2D eigenvalue weighted by Gasteiger charge is -2.30. The van der Waals surface area contributed by atoms with Gasteiger partial charge in [0.2, 0.25) is 5.91 Å². The van der Waals surface area contributed by atoms with Gasteiger partial charge < -0.3 is 16.0 Å². The number of nitrogens with one attached hydrogen (secondary N) is 2. The summed E-state index contributed by atoms with van der Waals surface area (Å²) in [6.45, 7) is 7.61. The maximum atomic E-state index is 13.0. The van der Waals surface area contributed by atoms with Gasteiger partial charge in [0.25, 0.3) is 5.91 Å². The van der Waals surface area contributed by atoms with Crippen LogP contribution in [-0.4, -0.2) is 59.5 Å². The third-order valence-electron chi connectivity index (χ3n) is 6.44. The highest BCUT2D eigenvalue weighted by Gasteiger charge is 2.38. The molecule has 8 nitrogen and oxygen atoms in total. The molecule has 2 fully saturated rings. The molecule has 1 heterocycles. The molecule has 2 rings (SSSR count). The Morgan fingerprint density at radius 1 is 1.19 bits per heavy atom. The molecule has 2 aliphatic rings. The normalized spacial score (nSPS) is 20.8. The van der Waals surface area contributed by atoms with Crippen molar-refractivity contribution < 1.29 is 14.4 Å². The fourth-order valence-corrected chi connectivity index (χ4v) is 4.81. The van der Waals surface area contributed by atoms with Crippen LogP contribution in [0.1, 0.15) is 85.0 Å². The molecule has 2 unspecified atom stereocenters. The number of rotatable bonds is 11. The number of likely N-dealkylation sites (tertiary alicyclic amines) is 1. The average molecular weight is 438 g/mol. The van der Waals surface area contributed by atoms with E-state index in [0.717, 1.165) is 30.3 Å². The van der Waals surface area contributed by atoms with Crippen molar-refractivity contribution in [2.24, 2.45) is 17.6 Å². The SMILES string of the molecule is CCCC(C(=O)NN(CC(C)C)C(N)=O)N1CCC(NCCCC2CCCCC2)C1=O. The molecule has 8 heteroatoms. The molecule has 0 aromatic carbocycles. The lowest BCUT2D eigenvalue weighted by molar-refractivity contribution is -0.140. The predicted octanol–water partition coefficient (Wildman–Crippen LogP) is 2.77. The summed E-state index contributed by atoms with van der Waals surface area (Å²) >= 11 is 0. The van der Waals surface area contributed by atoms with Gasteiger partial charge in [0.1, 0.15) is 6.04 Å². The van der Waals surface area contributed by atoms with Crippen molar-refractivity contribution in [1.82, 2.24) is 20.7 Å². The Hall–Kier alpha value is -1.83. The minimum atomic E-state index is -0.692. The first-order chi connectivity index (χ1) is 14.8. The highest BCUT2D eigenvalue weighted by atomic mass is 16.2. The molecular formula is C23H43N5O3. The summed E-state index contributed by atoms with van der Waals surface area (Å²) in [5.74, 6) is 0.657. The molecule has 1 aliphatic carbocycles. The summed E-state index contributed by atoms with van der Waals surface area (Å²) in [5, 5.41) is 4.56. The number of nitrogens with two attached hydrogens (primary N) is 1. The van der Waals surface area contributed by atoms with Crippen molar-refractivity contribution in [2.75, 3.05) is 19.6 Å². The first kappa shape index (κ1) is 25.4. The standard InChI is InChI=1S/C23H43N5O3/c1-4-9-20(21(29)26-28(23(24)31)16-17(2)3)27-15-13-19(22(27)30)25-14-8-12-18-10-6-5-7-11-18/h17-20,25H,4-16H2,1-3H3,(H2,24,31)(H,26,29). The van der Waals surface area contributed by atoms with Gasteiger partial charge in [-0.25, -0.2) is 9.80 Å².